The summed E-state index contributed by atoms with van der Waals surface area (Å²) < 4.78 is 0. The molecular weight excluding hydrogens is 394 g/mol. The van der Waals surface area contributed by atoms with Crippen LogP contribution in [-0.2, 0) is 22.4 Å². The number of aromatic nitrogens is 1. The molecule has 2 aromatic rings. The highest BCUT2D eigenvalue weighted by Crippen LogP contribution is 2.29. The number of aryl methyl sites for hydroxylation is 1. The van der Waals surface area contributed by atoms with Crippen LogP contribution in [0.15, 0.2) is 42.7 Å². The standard InChI is InChI=1S/C24H33N3O4/c1-4-16(3)22(27-21(29)15-17-11-13-25-14-12-17)24(31)26-19(5-2)10-9-18-7-6-8-20(28)23(18)30/h6-8,11-14,16,19,22,28,30H,4-5,9-10,15H2,1-3H3,(H,26,31)(H,27,29)/t16?,19?,22-/m0/s1. The fraction of sp³-hybridized carbons (Fsp3) is 0.458. The third-order valence-corrected chi connectivity index (χ3v) is 5.63. The molecule has 0 aliphatic rings. The summed E-state index contributed by atoms with van der Waals surface area (Å²) in [6.45, 7) is 5.91. The van der Waals surface area contributed by atoms with Crippen molar-refractivity contribution in [3.63, 3.8) is 0 Å². The second-order valence-corrected chi connectivity index (χ2v) is 7.90. The maximum atomic E-state index is 13.0. The van der Waals surface area contributed by atoms with Crippen molar-refractivity contribution in [2.45, 2.75) is 65.0 Å². The van der Waals surface area contributed by atoms with Crippen molar-refractivity contribution < 1.29 is 19.8 Å². The highest BCUT2D eigenvalue weighted by atomic mass is 16.3. The number of amides is 2. The Morgan fingerprint density at radius 3 is 2.39 bits per heavy atom. The number of para-hydroxylation sites is 1. The van der Waals surface area contributed by atoms with Crippen LogP contribution in [0.25, 0.3) is 0 Å². The minimum Gasteiger partial charge on any atom is -0.504 e. The van der Waals surface area contributed by atoms with Gasteiger partial charge in [0, 0.05) is 18.4 Å². The molecule has 1 aromatic carbocycles. The summed E-state index contributed by atoms with van der Waals surface area (Å²) in [6, 6.07) is 7.69. The number of rotatable bonds is 11. The smallest absolute Gasteiger partial charge is 0.243 e. The van der Waals surface area contributed by atoms with Gasteiger partial charge >= 0.3 is 0 Å². The Kier molecular flexibility index (Phi) is 9.31. The van der Waals surface area contributed by atoms with E-state index in [-0.39, 0.29) is 41.7 Å². The number of nitrogens with one attached hydrogen (secondary N) is 2. The molecule has 0 radical (unpaired) electrons. The predicted octanol–water partition coefficient (Wildman–Crippen LogP) is 3.09. The first-order chi connectivity index (χ1) is 14.8. The van der Waals surface area contributed by atoms with Gasteiger partial charge in [-0.05, 0) is 54.5 Å². The predicted molar refractivity (Wildman–Crippen MR) is 120 cm³/mol. The van der Waals surface area contributed by atoms with Crippen molar-refractivity contribution in [1.29, 1.82) is 0 Å². The van der Waals surface area contributed by atoms with Crippen LogP contribution in [0.1, 0.15) is 51.2 Å². The lowest BCUT2D eigenvalue weighted by Gasteiger charge is -2.26. The van der Waals surface area contributed by atoms with E-state index in [1.54, 1.807) is 36.7 Å². The molecule has 168 valence electrons. The van der Waals surface area contributed by atoms with Crippen LogP contribution < -0.4 is 10.6 Å². The first-order valence-electron chi connectivity index (χ1n) is 10.8. The average molecular weight is 428 g/mol. The fourth-order valence-electron chi connectivity index (χ4n) is 3.39. The van der Waals surface area contributed by atoms with Crippen LogP contribution in [0.3, 0.4) is 0 Å². The van der Waals surface area contributed by atoms with Gasteiger partial charge in [-0.1, -0.05) is 39.3 Å². The molecule has 0 fully saturated rings. The van der Waals surface area contributed by atoms with Gasteiger partial charge in [0.05, 0.1) is 6.42 Å². The molecule has 0 aliphatic carbocycles. The SMILES string of the molecule is CCC(CCc1cccc(O)c1O)NC(=O)[C@@H](NC(=O)Cc1ccncc1)C(C)CC. The average Bonchev–Trinajstić information content (AvgIpc) is 2.77. The van der Waals surface area contributed by atoms with Crippen molar-refractivity contribution >= 4 is 11.8 Å². The summed E-state index contributed by atoms with van der Waals surface area (Å²) in [4.78, 5) is 29.5. The van der Waals surface area contributed by atoms with Crippen molar-refractivity contribution in [3.05, 3.63) is 53.9 Å². The number of carbonyl (C=O) groups is 2. The van der Waals surface area contributed by atoms with E-state index >= 15 is 0 Å². The molecule has 0 spiro atoms. The zero-order chi connectivity index (χ0) is 22.8. The molecule has 2 unspecified atom stereocenters. The number of hydrogen-bond acceptors (Lipinski definition) is 5. The summed E-state index contributed by atoms with van der Waals surface area (Å²) in [5.41, 5.74) is 1.48. The maximum Gasteiger partial charge on any atom is 0.243 e. The van der Waals surface area contributed by atoms with Gasteiger partial charge in [-0.2, -0.15) is 0 Å². The van der Waals surface area contributed by atoms with Crippen molar-refractivity contribution in [2.24, 2.45) is 5.92 Å². The number of pyridine rings is 1. The van der Waals surface area contributed by atoms with Gasteiger partial charge in [0.1, 0.15) is 6.04 Å². The van der Waals surface area contributed by atoms with Gasteiger partial charge < -0.3 is 20.8 Å². The topological polar surface area (TPSA) is 112 Å². The van der Waals surface area contributed by atoms with Crippen LogP contribution in [-0.4, -0.2) is 39.1 Å². The minimum atomic E-state index is -0.623. The number of nitrogens with zero attached hydrogens (tertiary/aromatic N) is 1. The zero-order valence-corrected chi connectivity index (χ0v) is 18.5. The van der Waals surface area contributed by atoms with Gasteiger partial charge in [0.15, 0.2) is 11.5 Å². The number of phenols is 2. The lowest BCUT2D eigenvalue weighted by molar-refractivity contribution is -0.130. The quantitative estimate of drug-likeness (QED) is 0.412. The van der Waals surface area contributed by atoms with Crippen molar-refractivity contribution in [2.75, 3.05) is 0 Å². The monoisotopic (exact) mass is 427 g/mol. The minimum absolute atomic E-state index is 0.0194. The van der Waals surface area contributed by atoms with Gasteiger partial charge in [-0.25, -0.2) is 0 Å². The summed E-state index contributed by atoms with van der Waals surface area (Å²) in [5, 5.41) is 25.6. The highest BCUT2D eigenvalue weighted by molar-refractivity contribution is 5.88. The van der Waals surface area contributed by atoms with Gasteiger partial charge in [0.25, 0.3) is 0 Å². The Bertz CT molecular complexity index is 857. The van der Waals surface area contributed by atoms with E-state index in [1.165, 1.54) is 6.07 Å². The Labute approximate surface area is 183 Å². The fourth-order valence-corrected chi connectivity index (χ4v) is 3.39. The van der Waals surface area contributed by atoms with E-state index < -0.39 is 6.04 Å². The molecule has 0 bridgehead atoms. The van der Waals surface area contributed by atoms with Crippen molar-refractivity contribution in [1.82, 2.24) is 15.6 Å². The van der Waals surface area contributed by atoms with E-state index in [1.807, 2.05) is 20.8 Å². The molecule has 1 aromatic heterocycles. The zero-order valence-electron chi connectivity index (χ0n) is 18.5. The highest BCUT2D eigenvalue weighted by Gasteiger charge is 2.27. The first-order valence-corrected chi connectivity index (χ1v) is 10.8. The molecule has 1 heterocycles. The lowest BCUT2D eigenvalue weighted by atomic mass is 9.96. The lowest BCUT2D eigenvalue weighted by Crippen LogP contribution is -2.52. The normalized spacial score (nSPS) is 13.8. The van der Waals surface area contributed by atoms with Gasteiger partial charge in [-0.15, -0.1) is 0 Å². The number of aromatic hydroxyl groups is 2. The summed E-state index contributed by atoms with van der Waals surface area (Å²) in [7, 11) is 0. The molecule has 2 amide bonds. The molecule has 7 heteroatoms. The molecule has 2 rings (SSSR count). The van der Waals surface area contributed by atoms with E-state index in [9.17, 15) is 19.8 Å². The summed E-state index contributed by atoms with van der Waals surface area (Å²) in [6.07, 6.45) is 6.05. The molecule has 31 heavy (non-hydrogen) atoms. The number of phenolic OH excluding ortho intramolecular Hbond substituents is 2. The van der Waals surface area contributed by atoms with Gasteiger partial charge in [-0.3, -0.25) is 14.6 Å². The first kappa shape index (κ1) is 24.2. The van der Waals surface area contributed by atoms with Gasteiger partial charge in [0.2, 0.25) is 11.8 Å². The summed E-state index contributed by atoms with van der Waals surface area (Å²) in [5.74, 6) is -0.698. The molecule has 4 N–H and O–H groups in total. The van der Waals surface area contributed by atoms with Crippen LogP contribution in [0.5, 0.6) is 11.5 Å². The molecule has 3 atom stereocenters. The van der Waals surface area contributed by atoms with Crippen molar-refractivity contribution in [3.8, 4) is 11.5 Å². The third kappa shape index (κ3) is 7.27. The van der Waals surface area contributed by atoms with E-state index in [4.69, 9.17) is 0 Å². The Morgan fingerprint density at radius 1 is 1.03 bits per heavy atom. The van der Waals surface area contributed by atoms with Crippen LogP contribution in [0.2, 0.25) is 0 Å². The molecule has 7 nitrogen and oxygen atoms in total. The maximum absolute atomic E-state index is 13.0. The number of hydrogen-bond donors (Lipinski definition) is 4. The second-order valence-electron chi connectivity index (χ2n) is 7.90. The van der Waals surface area contributed by atoms with Crippen LogP contribution >= 0.6 is 0 Å². The molecule has 0 saturated carbocycles. The van der Waals surface area contributed by atoms with Crippen LogP contribution in [0.4, 0.5) is 0 Å². The Morgan fingerprint density at radius 2 is 1.74 bits per heavy atom. The molecular formula is C24H33N3O4. The molecule has 0 aliphatic heterocycles. The van der Waals surface area contributed by atoms with E-state index in [0.717, 1.165) is 12.0 Å². The van der Waals surface area contributed by atoms with E-state index in [2.05, 4.69) is 15.6 Å². The number of benzene rings is 1. The third-order valence-electron chi connectivity index (χ3n) is 5.63. The molecule has 0 saturated heterocycles. The Balaban J connectivity index is 1.98. The van der Waals surface area contributed by atoms with Crippen LogP contribution in [0, 0.1) is 5.92 Å². The second kappa shape index (κ2) is 11.9. The Hall–Kier alpha value is -3.09. The largest absolute Gasteiger partial charge is 0.504 e. The number of carbonyl (C=O) groups excluding carboxylic acids is 2. The summed E-state index contributed by atoms with van der Waals surface area (Å²) >= 11 is 0. The van der Waals surface area contributed by atoms with E-state index in [0.29, 0.717) is 24.8 Å².